The average Bonchev–Trinajstić information content (AvgIpc) is 3.11. The van der Waals surface area contributed by atoms with Gasteiger partial charge in [0.1, 0.15) is 5.82 Å². The number of fused-ring (bicyclic) bond motifs is 1. The molecule has 2 atom stereocenters. The molecule has 1 aromatic carbocycles. The van der Waals surface area contributed by atoms with Crippen LogP contribution in [0, 0.1) is 5.92 Å². The van der Waals surface area contributed by atoms with Gasteiger partial charge >= 0.3 is 0 Å². The van der Waals surface area contributed by atoms with Crippen molar-refractivity contribution in [2.45, 2.75) is 32.4 Å². The van der Waals surface area contributed by atoms with Crippen molar-refractivity contribution in [1.29, 1.82) is 0 Å². The Morgan fingerprint density at radius 2 is 2.35 bits per heavy atom. The van der Waals surface area contributed by atoms with Gasteiger partial charge < -0.3 is 4.57 Å². The highest BCUT2D eigenvalue weighted by Crippen LogP contribution is 2.28. The topological polar surface area (TPSA) is 55.9 Å². The molecule has 2 unspecified atom stereocenters. The maximum Gasteiger partial charge on any atom is 0.111 e. The molecule has 0 amide bonds. The van der Waals surface area contributed by atoms with Crippen LogP contribution in [-0.4, -0.2) is 27.1 Å². The molecule has 1 aliphatic rings. The van der Waals surface area contributed by atoms with E-state index in [2.05, 4.69) is 35.1 Å². The van der Waals surface area contributed by atoms with E-state index in [0.29, 0.717) is 12.0 Å². The molecular formula is C15H22N4S. The van der Waals surface area contributed by atoms with Gasteiger partial charge in [-0.1, -0.05) is 12.1 Å². The molecule has 0 aliphatic carbocycles. The Hall–Kier alpha value is -1.04. The summed E-state index contributed by atoms with van der Waals surface area (Å²) >= 11 is 2.03. The van der Waals surface area contributed by atoms with Crippen molar-refractivity contribution in [2.75, 3.05) is 11.5 Å². The summed E-state index contributed by atoms with van der Waals surface area (Å²) < 4.78 is 2.31. The molecule has 3 rings (SSSR count). The van der Waals surface area contributed by atoms with Crippen LogP contribution in [0.5, 0.6) is 0 Å². The molecule has 4 nitrogen and oxygen atoms in total. The number of nitrogens with one attached hydrogen (secondary N) is 1. The summed E-state index contributed by atoms with van der Waals surface area (Å²) in [5, 5.41) is 0. The van der Waals surface area contributed by atoms with Gasteiger partial charge in [0, 0.05) is 19.0 Å². The first-order chi connectivity index (χ1) is 9.83. The van der Waals surface area contributed by atoms with Crippen molar-refractivity contribution < 1.29 is 0 Å². The zero-order valence-corrected chi connectivity index (χ0v) is 12.7. The first-order valence-corrected chi connectivity index (χ1v) is 8.47. The highest BCUT2D eigenvalue weighted by molar-refractivity contribution is 7.99. The van der Waals surface area contributed by atoms with E-state index in [4.69, 9.17) is 10.8 Å². The maximum absolute atomic E-state index is 5.79. The Labute approximate surface area is 124 Å². The lowest BCUT2D eigenvalue weighted by molar-refractivity contribution is 0.377. The molecule has 1 aromatic heterocycles. The number of thioether (sulfide) groups is 1. The maximum atomic E-state index is 5.79. The molecule has 0 bridgehead atoms. The van der Waals surface area contributed by atoms with Gasteiger partial charge in [-0.05, 0) is 42.9 Å². The van der Waals surface area contributed by atoms with Crippen molar-refractivity contribution in [3.8, 4) is 0 Å². The predicted octanol–water partition coefficient (Wildman–Crippen LogP) is 2.18. The number of imidazole rings is 1. The lowest BCUT2D eigenvalue weighted by Crippen LogP contribution is -2.43. The van der Waals surface area contributed by atoms with Crippen LogP contribution in [0.3, 0.4) is 0 Å². The zero-order valence-electron chi connectivity index (χ0n) is 11.9. The van der Waals surface area contributed by atoms with E-state index in [1.165, 1.54) is 23.4 Å². The minimum absolute atomic E-state index is 0.326. The van der Waals surface area contributed by atoms with Crippen molar-refractivity contribution in [3.63, 3.8) is 0 Å². The van der Waals surface area contributed by atoms with E-state index in [9.17, 15) is 0 Å². The summed E-state index contributed by atoms with van der Waals surface area (Å²) in [5.74, 6) is 10.1. The van der Waals surface area contributed by atoms with Gasteiger partial charge in [0.25, 0.3) is 0 Å². The van der Waals surface area contributed by atoms with Crippen LogP contribution < -0.4 is 11.3 Å². The number of para-hydroxylation sites is 2. The van der Waals surface area contributed by atoms with Crippen LogP contribution in [0.4, 0.5) is 0 Å². The molecule has 1 aliphatic heterocycles. The zero-order chi connectivity index (χ0) is 13.9. The third-order valence-corrected chi connectivity index (χ3v) is 5.39. The summed E-state index contributed by atoms with van der Waals surface area (Å²) in [6.07, 6.45) is 2.16. The molecule has 2 aromatic rings. The van der Waals surface area contributed by atoms with Gasteiger partial charge in [-0.25, -0.2) is 4.98 Å². The van der Waals surface area contributed by atoms with Gasteiger partial charge in [-0.3, -0.25) is 11.3 Å². The second kappa shape index (κ2) is 6.16. The Morgan fingerprint density at radius 1 is 1.50 bits per heavy atom. The third-order valence-electron chi connectivity index (χ3n) is 4.20. The number of hydrogen-bond donors (Lipinski definition) is 2. The molecule has 1 saturated heterocycles. The minimum Gasteiger partial charge on any atom is -0.328 e. The van der Waals surface area contributed by atoms with Gasteiger partial charge in [0.2, 0.25) is 0 Å². The molecular weight excluding hydrogens is 268 g/mol. The van der Waals surface area contributed by atoms with Crippen LogP contribution in [0.15, 0.2) is 24.3 Å². The van der Waals surface area contributed by atoms with Gasteiger partial charge in [0.15, 0.2) is 0 Å². The first kappa shape index (κ1) is 13.9. The minimum atomic E-state index is 0.326. The summed E-state index contributed by atoms with van der Waals surface area (Å²) in [4.78, 5) is 4.80. The second-order valence-corrected chi connectivity index (χ2v) is 6.51. The lowest BCUT2D eigenvalue weighted by Gasteiger charge is -2.22. The summed E-state index contributed by atoms with van der Waals surface area (Å²) in [5.41, 5.74) is 5.33. The average molecular weight is 290 g/mol. The van der Waals surface area contributed by atoms with Crippen molar-refractivity contribution >= 4 is 22.8 Å². The summed E-state index contributed by atoms with van der Waals surface area (Å²) in [6.45, 7) is 3.13. The summed E-state index contributed by atoms with van der Waals surface area (Å²) in [6, 6.07) is 8.68. The van der Waals surface area contributed by atoms with E-state index in [1.54, 1.807) is 0 Å². The Kier molecular flexibility index (Phi) is 4.29. The van der Waals surface area contributed by atoms with Crippen LogP contribution in [0.25, 0.3) is 11.0 Å². The van der Waals surface area contributed by atoms with Crippen molar-refractivity contribution in [2.24, 2.45) is 11.8 Å². The number of aryl methyl sites for hydroxylation is 1. The number of hydrazine groups is 1. The van der Waals surface area contributed by atoms with Crippen LogP contribution >= 0.6 is 11.8 Å². The molecule has 0 saturated carbocycles. The van der Waals surface area contributed by atoms with Crippen molar-refractivity contribution in [1.82, 2.24) is 15.0 Å². The van der Waals surface area contributed by atoms with Gasteiger partial charge in [0.05, 0.1) is 11.0 Å². The second-order valence-electron chi connectivity index (χ2n) is 5.36. The highest BCUT2D eigenvalue weighted by atomic mass is 32.2. The quantitative estimate of drug-likeness (QED) is 0.654. The Morgan fingerprint density at radius 3 is 3.05 bits per heavy atom. The Balaban J connectivity index is 1.88. The number of benzene rings is 1. The first-order valence-electron chi connectivity index (χ1n) is 7.31. The SMILES string of the molecule is CCn1c(CC(NN)C2CCSC2)nc2ccccc21. The fraction of sp³-hybridized carbons (Fsp3) is 0.533. The molecule has 0 radical (unpaired) electrons. The smallest absolute Gasteiger partial charge is 0.111 e. The van der Waals surface area contributed by atoms with Gasteiger partial charge in [-0.15, -0.1) is 0 Å². The number of nitrogens with two attached hydrogens (primary N) is 1. The van der Waals surface area contributed by atoms with Crippen molar-refractivity contribution in [3.05, 3.63) is 30.1 Å². The molecule has 20 heavy (non-hydrogen) atoms. The molecule has 2 heterocycles. The lowest BCUT2D eigenvalue weighted by atomic mass is 9.96. The molecule has 1 fully saturated rings. The van der Waals surface area contributed by atoms with E-state index < -0.39 is 0 Å². The molecule has 108 valence electrons. The normalized spacial score (nSPS) is 20.6. The monoisotopic (exact) mass is 290 g/mol. The van der Waals surface area contributed by atoms with Crippen LogP contribution in [0.2, 0.25) is 0 Å². The van der Waals surface area contributed by atoms with E-state index in [-0.39, 0.29) is 0 Å². The summed E-state index contributed by atoms with van der Waals surface area (Å²) in [7, 11) is 0. The fourth-order valence-electron chi connectivity index (χ4n) is 3.06. The fourth-order valence-corrected chi connectivity index (χ4v) is 4.40. The highest BCUT2D eigenvalue weighted by Gasteiger charge is 2.26. The van der Waals surface area contributed by atoms with Gasteiger partial charge in [-0.2, -0.15) is 11.8 Å². The number of hydrogen-bond acceptors (Lipinski definition) is 4. The van der Waals surface area contributed by atoms with E-state index in [1.807, 2.05) is 17.8 Å². The largest absolute Gasteiger partial charge is 0.328 e. The molecule has 3 N–H and O–H groups in total. The van der Waals surface area contributed by atoms with E-state index in [0.717, 1.165) is 24.3 Å². The van der Waals surface area contributed by atoms with E-state index >= 15 is 0 Å². The number of aromatic nitrogens is 2. The third kappa shape index (κ3) is 2.57. The Bertz CT molecular complexity index is 574. The predicted molar refractivity (Wildman–Crippen MR) is 85.7 cm³/mol. The standard InChI is InChI=1S/C15H22N4S/c1-2-19-14-6-4-3-5-12(14)17-15(19)9-13(18-16)11-7-8-20-10-11/h3-6,11,13,18H,2,7-10,16H2,1H3. The number of nitrogens with zero attached hydrogens (tertiary/aromatic N) is 2. The van der Waals surface area contributed by atoms with Crippen LogP contribution in [-0.2, 0) is 13.0 Å². The van der Waals surface area contributed by atoms with Crippen LogP contribution in [0.1, 0.15) is 19.2 Å². The molecule has 5 heteroatoms. The number of rotatable bonds is 5. The molecule has 0 spiro atoms.